The van der Waals surface area contributed by atoms with E-state index in [2.05, 4.69) is 10.6 Å². The Labute approximate surface area is 176 Å². The number of nitrogens with one attached hydrogen (secondary N) is 2. The highest BCUT2D eigenvalue weighted by Gasteiger charge is 2.29. The number of hydrogen-bond acceptors (Lipinski definition) is 5. The predicted octanol–water partition coefficient (Wildman–Crippen LogP) is 1.49. The molecule has 160 valence electrons. The lowest BCUT2D eigenvalue weighted by molar-refractivity contribution is -0.123. The molecule has 8 nitrogen and oxygen atoms in total. The van der Waals surface area contributed by atoms with Crippen LogP contribution in [0.1, 0.15) is 28.8 Å². The molecule has 1 aliphatic rings. The van der Waals surface area contributed by atoms with Gasteiger partial charge in [-0.15, -0.1) is 0 Å². The van der Waals surface area contributed by atoms with Crippen LogP contribution in [0.5, 0.6) is 0 Å². The van der Waals surface area contributed by atoms with Crippen molar-refractivity contribution in [3.05, 3.63) is 65.7 Å². The van der Waals surface area contributed by atoms with Gasteiger partial charge < -0.3 is 10.6 Å². The first-order valence-corrected chi connectivity index (χ1v) is 11.0. The van der Waals surface area contributed by atoms with Crippen molar-refractivity contribution >= 4 is 21.8 Å². The molecule has 0 spiro atoms. The number of benzene rings is 2. The molecule has 9 heteroatoms. The lowest BCUT2D eigenvalue weighted by Crippen LogP contribution is -2.48. The molecule has 0 aromatic heterocycles. The summed E-state index contributed by atoms with van der Waals surface area (Å²) in [5.41, 5.74) is 1.05. The van der Waals surface area contributed by atoms with Gasteiger partial charge in [0.15, 0.2) is 0 Å². The number of rotatable bonds is 9. The highest BCUT2D eigenvalue weighted by Crippen LogP contribution is 2.19. The van der Waals surface area contributed by atoms with Gasteiger partial charge in [0.1, 0.15) is 6.04 Å². The summed E-state index contributed by atoms with van der Waals surface area (Å²) in [5, 5.41) is 5.66. The fourth-order valence-electron chi connectivity index (χ4n) is 2.87. The smallest absolute Gasteiger partial charge is 0.264 e. The zero-order chi connectivity index (χ0) is 21.7. The summed E-state index contributed by atoms with van der Waals surface area (Å²) in [4.78, 5) is 30.2. The largest absolute Gasteiger partial charge is 0.352 e. The molecule has 2 aromatic carbocycles. The normalized spacial score (nSPS) is 14.9. The molecule has 0 heterocycles. The van der Waals surface area contributed by atoms with Crippen LogP contribution in [0.25, 0.3) is 0 Å². The van der Waals surface area contributed by atoms with Crippen molar-refractivity contribution in [2.24, 2.45) is 0 Å². The Hall–Kier alpha value is -2.75. The van der Waals surface area contributed by atoms with Crippen molar-refractivity contribution < 1.29 is 22.8 Å². The van der Waals surface area contributed by atoms with E-state index in [4.69, 9.17) is 4.84 Å². The Morgan fingerprint density at radius 2 is 1.83 bits per heavy atom. The molecule has 1 saturated carbocycles. The van der Waals surface area contributed by atoms with Gasteiger partial charge in [-0.1, -0.05) is 40.9 Å². The van der Waals surface area contributed by atoms with E-state index in [1.165, 1.54) is 38.4 Å². The Balaban J connectivity index is 1.79. The number of amides is 2. The van der Waals surface area contributed by atoms with Crippen molar-refractivity contribution in [3.63, 3.8) is 0 Å². The number of hydrogen-bond donors (Lipinski definition) is 2. The summed E-state index contributed by atoms with van der Waals surface area (Å²) in [6.07, 6.45) is 2.20. The minimum absolute atomic E-state index is 0.0819. The van der Waals surface area contributed by atoms with Crippen LogP contribution in [0.2, 0.25) is 0 Å². The van der Waals surface area contributed by atoms with E-state index in [1.54, 1.807) is 0 Å². The molecular weight excluding hydrogens is 406 g/mol. The average Bonchev–Trinajstić information content (AvgIpc) is 3.57. The van der Waals surface area contributed by atoms with E-state index in [-0.39, 0.29) is 22.4 Å². The Morgan fingerprint density at radius 1 is 1.13 bits per heavy atom. The molecule has 30 heavy (non-hydrogen) atoms. The third-order valence-electron chi connectivity index (χ3n) is 4.82. The Morgan fingerprint density at radius 3 is 2.47 bits per heavy atom. The monoisotopic (exact) mass is 431 g/mol. The van der Waals surface area contributed by atoms with Crippen LogP contribution in [0.15, 0.2) is 59.5 Å². The van der Waals surface area contributed by atoms with Crippen molar-refractivity contribution in [1.29, 1.82) is 0 Å². The minimum Gasteiger partial charge on any atom is -0.352 e. The summed E-state index contributed by atoms with van der Waals surface area (Å²) >= 11 is 0. The van der Waals surface area contributed by atoms with Crippen LogP contribution in [-0.4, -0.2) is 50.9 Å². The van der Waals surface area contributed by atoms with E-state index in [1.807, 2.05) is 30.3 Å². The van der Waals surface area contributed by atoms with Crippen LogP contribution in [0, 0.1) is 0 Å². The van der Waals surface area contributed by atoms with Crippen LogP contribution in [0.4, 0.5) is 0 Å². The molecule has 1 aliphatic carbocycles. The fraction of sp³-hybridized carbons (Fsp3) is 0.333. The highest BCUT2D eigenvalue weighted by atomic mass is 32.2. The molecule has 2 N–H and O–H groups in total. The molecule has 0 bridgehead atoms. The third kappa shape index (κ3) is 5.44. The van der Waals surface area contributed by atoms with Crippen molar-refractivity contribution in [3.8, 4) is 0 Å². The van der Waals surface area contributed by atoms with Crippen LogP contribution in [0.3, 0.4) is 0 Å². The standard InChI is InChI=1S/C21H25N3O5S/c1-24(29-2)30(27,28)18-10-6-9-16(14-18)20(25)23-19(21(26)22-17-11-12-17)13-15-7-4-3-5-8-15/h3-10,14,17,19H,11-13H2,1-2H3,(H,22,26)(H,23,25). The summed E-state index contributed by atoms with van der Waals surface area (Å²) in [6, 6.07) is 14.4. The van der Waals surface area contributed by atoms with Crippen LogP contribution in [-0.2, 0) is 26.1 Å². The fourth-order valence-corrected chi connectivity index (χ4v) is 3.89. The maximum atomic E-state index is 12.8. The predicted molar refractivity (Wildman–Crippen MR) is 111 cm³/mol. The lowest BCUT2D eigenvalue weighted by atomic mass is 10.0. The number of hydroxylamine groups is 1. The molecule has 3 rings (SSSR count). The van der Waals surface area contributed by atoms with Gasteiger partial charge in [-0.2, -0.15) is 0 Å². The summed E-state index contributed by atoms with van der Waals surface area (Å²) in [7, 11) is -1.39. The van der Waals surface area contributed by atoms with Gasteiger partial charge in [-0.3, -0.25) is 14.4 Å². The van der Waals surface area contributed by atoms with Gasteiger partial charge in [0.05, 0.1) is 12.0 Å². The zero-order valence-corrected chi connectivity index (χ0v) is 17.7. The van der Waals surface area contributed by atoms with Crippen LogP contribution >= 0.6 is 0 Å². The summed E-state index contributed by atoms with van der Waals surface area (Å²) < 4.78 is 25.6. The maximum absolute atomic E-state index is 12.8. The second-order valence-corrected chi connectivity index (χ2v) is 9.06. The molecule has 1 atom stereocenters. The molecule has 0 saturated heterocycles. The molecule has 1 unspecified atom stereocenters. The molecular formula is C21H25N3O5S. The van der Waals surface area contributed by atoms with Gasteiger partial charge in [0, 0.05) is 25.1 Å². The quantitative estimate of drug-likeness (QED) is 0.586. The van der Waals surface area contributed by atoms with Gasteiger partial charge in [0.2, 0.25) is 5.91 Å². The lowest BCUT2D eigenvalue weighted by Gasteiger charge is -2.19. The van der Waals surface area contributed by atoms with Crippen LogP contribution < -0.4 is 10.6 Å². The van der Waals surface area contributed by atoms with E-state index in [0.29, 0.717) is 10.9 Å². The Kier molecular flexibility index (Phi) is 6.86. The number of carbonyl (C=O) groups is 2. The van der Waals surface area contributed by atoms with Gasteiger partial charge >= 0.3 is 0 Å². The second-order valence-electron chi connectivity index (χ2n) is 7.12. The second kappa shape index (κ2) is 9.38. The number of carbonyl (C=O) groups excluding carboxylic acids is 2. The van der Waals surface area contributed by atoms with Gasteiger partial charge in [-0.25, -0.2) is 8.42 Å². The van der Waals surface area contributed by atoms with E-state index in [0.717, 1.165) is 18.4 Å². The summed E-state index contributed by atoms with van der Waals surface area (Å²) in [6.45, 7) is 0. The first-order chi connectivity index (χ1) is 14.3. The zero-order valence-electron chi connectivity index (χ0n) is 16.9. The minimum atomic E-state index is -3.89. The van der Waals surface area contributed by atoms with Crippen molar-refractivity contribution in [2.75, 3.05) is 14.2 Å². The number of nitrogens with zero attached hydrogens (tertiary/aromatic N) is 1. The van der Waals surface area contributed by atoms with Gasteiger partial charge in [-0.05, 0) is 36.6 Å². The molecule has 0 radical (unpaired) electrons. The maximum Gasteiger partial charge on any atom is 0.264 e. The highest BCUT2D eigenvalue weighted by molar-refractivity contribution is 7.89. The topological polar surface area (TPSA) is 105 Å². The van der Waals surface area contributed by atoms with Crippen molar-refractivity contribution in [1.82, 2.24) is 15.1 Å². The third-order valence-corrected chi connectivity index (χ3v) is 6.49. The molecule has 0 aliphatic heterocycles. The molecule has 2 amide bonds. The summed E-state index contributed by atoms with van der Waals surface area (Å²) in [5.74, 6) is -0.781. The van der Waals surface area contributed by atoms with E-state index < -0.39 is 22.0 Å². The average molecular weight is 432 g/mol. The first kappa shape index (κ1) is 21.9. The van der Waals surface area contributed by atoms with Gasteiger partial charge in [0.25, 0.3) is 15.9 Å². The van der Waals surface area contributed by atoms with Crippen molar-refractivity contribution in [2.45, 2.75) is 36.2 Å². The SMILES string of the molecule is CON(C)S(=O)(=O)c1cccc(C(=O)NC(Cc2ccccc2)C(=O)NC2CC2)c1. The number of sulfonamides is 1. The molecule has 1 fully saturated rings. The Bertz CT molecular complexity index is 1010. The van der Waals surface area contributed by atoms with E-state index in [9.17, 15) is 18.0 Å². The van der Waals surface area contributed by atoms with E-state index >= 15 is 0 Å². The first-order valence-electron chi connectivity index (χ1n) is 9.59. The molecule has 2 aromatic rings.